The third kappa shape index (κ3) is 2.04. The number of benzene rings is 2. The van der Waals surface area contributed by atoms with E-state index >= 15 is 0 Å². The molecule has 3 rings (SSSR count). The van der Waals surface area contributed by atoms with Gasteiger partial charge in [-0.1, -0.05) is 46.3 Å². The second kappa shape index (κ2) is 4.75. The highest BCUT2D eigenvalue weighted by molar-refractivity contribution is 9.10. The Morgan fingerprint density at radius 1 is 1.17 bits per heavy atom. The summed E-state index contributed by atoms with van der Waals surface area (Å²) in [6.45, 7) is 0.529. The maximum Gasteiger partial charge on any atom is 0.125 e. The van der Waals surface area contributed by atoms with Crippen LogP contribution < -0.4 is 4.74 Å². The Balaban J connectivity index is 1.80. The Morgan fingerprint density at radius 2 is 1.94 bits per heavy atom. The van der Waals surface area contributed by atoms with Crippen LogP contribution in [-0.4, -0.2) is 5.11 Å². The summed E-state index contributed by atoms with van der Waals surface area (Å²) in [4.78, 5) is 0. The Morgan fingerprint density at radius 3 is 2.67 bits per heavy atom. The predicted octanol–water partition coefficient (Wildman–Crippen LogP) is 3.62. The van der Waals surface area contributed by atoms with E-state index in [2.05, 4.69) is 15.9 Å². The van der Waals surface area contributed by atoms with Crippen molar-refractivity contribution in [1.82, 2.24) is 0 Å². The Kier molecular flexibility index (Phi) is 3.10. The monoisotopic (exact) mass is 304 g/mol. The highest BCUT2D eigenvalue weighted by Crippen LogP contribution is 2.44. The SMILES string of the molecule is OC1Cc2c(Br)ccc(OCc3ccccc3)c21. The average Bonchev–Trinajstić information content (AvgIpc) is 2.39. The van der Waals surface area contributed by atoms with Gasteiger partial charge in [-0.2, -0.15) is 0 Å². The summed E-state index contributed by atoms with van der Waals surface area (Å²) >= 11 is 3.49. The van der Waals surface area contributed by atoms with Crippen molar-refractivity contribution in [3.8, 4) is 5.75 Å². The molecule has 0 spiro atoms. The number of rotatable bonds is 3. The molecule has 1 aliphatic carbocycles. The standard InChI is InChI=1S/C15H13BrO2/c16-12-6-7-14(15-11(12)8-13(15)17)18-9-10-4-2-1-3-5-10/h1-7,13,17H,8-9H2. The van der Waals surface area contributed by atoms with Gasteiger partial charge in [-0.15, -0.1) is 0 Å². The van der Waals surface area contributed by atoms with Gasteiger partial charge < -0.3 is 9.84 Å². The van der Waals surface area contributed by atoms with E-state index in [1.54, 1.807) is 0 Å². The lowest BCUT2D eigenvalue weighted by Gasteiger charge is -2.29. The number of fused-ring (bicyclic) bond motifs is 1. The molecule has 0 heterocycles. The molecule has 3 heteroatoms. The average molecular weight is 305 g/mol. The minimum absolute atomic E-state index is 0.386. The molecule has 0 radical (unpaired) electrons. The van der Waals surface area contributed by atoms with Gasteiger partial charge in [0.15, 0.2) is 0 Å². The molecular weight excluding hydrogens is 292 g/mol. The molecule has 92 valence electrons. The van der Waals surface area contributed by atoms with Crippen LogP contribution >= 0.6 is 15.9 Å². The van der Waals surface area contributed by atoms with Gasteiger partial charge in [0.05, 0.1) is 6.10 Å². The quantitative estimate of drug-likeness (QED) is 0.938. The molecule has 2 nitrogen and oxygen atoms in total. The first-order valence-electron chi connectivity index (χ1n) is 5.92. The normalized spacial score (nSPS) is 16.9. The van der Waals surface area contributed by atoms with E-state index < -0.39 is 0 Å². The molecule has 0 saturated carbocycles. The minimum Gasteiger partial charge on any atom is -0.489 e. The Hall–Kier alpha value is -1.32. The van der Waals surface area contributed by atoms with Crippen LogP contribution in [0.1, 0.15) is 22.8 Å². The van der Waals surface area contributed by atoms with Crippen LogP contribution in [0.25, 0.3) is 0 Å². The smallest absolute Gasteiger partial charge is 0.125 e. The number of hydrogen-bond donors (Lipinski definition) is 1. The Bertz CT molecular complexity index is 566. The van der Waals surface area contributed by atoms with Crippen LogP contribution in [0, 0.1) is 0 Å². The van der Waals surface area contributed by atoms with Crippen LogP contribution in [0.4, 0.5) is 0 Å². The van der Waals surface area contributed by atoms with Crippen molar-refractivity contribution in [2.75, 3.05) is 0 Å². The van der Waals surface area contributed by atoms with Gasteiger partial charge in [0.1, 0.15) is 12.4 Å². The molecule has 0 aliphatic heterocycles. The summed E-state index contributed by atoms with van der Waals surface area (Å²) in [5.41, 5.74) is 3.22. The molecule has 1 atom stereocenters. The molecule has 0 aromatic heterocycles. The largest absolute Gasteiger partial charge is 0.489 e. The lowest BCUT2D eigenvalue weighted by molar-refractivity contribution is 0.145. The number of hydrogen-bond acceptors (Lipinski definition) is 2. The van der Waals surface area contributed by atoms with Crippen molar-refractivity contribution in [3.05, 3.63) is 63.6 Å². The maximum absolute atomic E-state index is 9.80. The van der Waals surface area contributed by atoms with E-state index in [1.807, 2.05) is 42.5 Å². The molecule has 18 heavy (non-hydrogen) atoms. The molecule has 1 aliphatic rings. The third-order valence-electron chi connectivity index (χ3n) is 3.23. The minimum atomic E-state index is -0.386. The van der Waals surface area contributed by atoms with Gasteiger partial charge in [0, 0.05) is 16.5 Å². The van der Waals surface area contributed by atoms with Crippen molar-refractivity contribution in [1.29, 1.82) is 0 Å². The van der Waals surface area contributed by atoms with E-state index in [0.29, 0.717) is 13.0 Å². The molecule has 2 aromatic rings. The fraction of sp³-hybridized carbons (Fsp3) is 0.200. The summed E-state index contributed by atoms with van der Waals surface area (Å²) in [6.07, 6.45) is 0.321. The van der Waals surface area contributed by atoms with E-state index in [0.717, 1.165) is 26.9 Å². The first kappa shape index (κ1) is 11.8. The zero-order valence-corrected chi connectivity index (χ0v) is 11.4. The molecule has 0 saturated heterocycles. The molecular formula is C15H13BrO2. The zero-order chi connectivity index (χ0) is 12.5. The van der Waals surface area contributed by atoms with Crippen molar-refractivity contribution in [3.63, 3.8) is 0 Å². The molecule has 0 amide bonds. The van der Waals surface area contributed by atoms with E-state index in [1.165, 1.54) is 0 Å². The lowest BCUT2D eigenvalue weighted by Crippen LogP contribution is -2.18. The summed E-state index contributed by atoms with van der Waals surface area (Å²) in [7, 11) is 0. The van der Waals surface area contributed by atoms with Gasteiger partial charge >= 0.3 is 0 Å². The molecule has 1 unspecified atom stereocenters. The highest BCUT2D eigenvalue weighted by Gasteiger charge is 2.30. The fourth-order valence-electron chi connectivity index (χ4n) is 2.21. The van der Waals surface area contributed by atoms with Crippen LogP contribution in [-0.2, 0) is 13.0 Å². The summed E-state index contributed by atoms with van der Waals surface area (Å²) in [5.74, 6) is 0.788. The third-order valence-corrected chi connectivity index (χ3v) is 3.97. The summed E-state index contributed by atoms with van der Waals surface area (Å²) in [5, 5.41) is 9.80. The number of ether oxygens (including phenoxy) is 1. The predicted molar refractivity (Wildman–Crippen MR) is 73.6 cm³/mol. The van der Waals surface area contributed by atoms with Gasteiger partial charge in [-0.05, 0) is 23.3 Å². The first-order chi connectivity index (χ1) is 8.75. The molecule has 2 aromatic carbocycles. The van der Waals surface area contributed by atoms with Crippen molar-refractivity contribution in [2.24, 2.45) is 0 Å². The van der Waals surface area contributed by atoms with E-state index in [-0.39, 0.29) is 6.10 Å². The highest BCUT2D eigenvalue weighted by atomic mass is 79.9. The Labute approximate surface area is 114 Å². The van der Waals surface area contributed by atoms with Crippen molar-refractivity contribution >= 4 is 15.9 Å². The first-order valence-corrected chi connectivity index (χ1v) is 6.71. The van der Waals surface area contributed by atoms with E-state index in [4.69, 9.17) is 4.74 Å². The van der Waals surface area contributed by atoms with Crippen molar-refractivity contribution in [2.45, 2.75) is 19.1 Å². The van der Waals surface area contributed by atoms with Crippen LogP contribution in [0.5, 0.6) is 5.75 Å². The topological polar surface area (TPSA) is 29.5 Å². The second-order valence-electron chi connectivity index (χ2n) is 4.43. The molecule has 1 N–H and O–H groups in total. The van der Waals surface area contributed by atoms with Crippen LogP contribution in [0.2, 0.25) is 0 Å². The lowest BCUT2D eigenvalue weighted by atomic mass is 9.85. The second-order valence-corrected chi connectivity index (χ2v) is 5.29. The van der Waals surface area contributed by atoms with Crippen LogP contribution in [0.15, 0.2) is 46.9 Å². The van der Waals surface area contributed by atoms with Gasteiger partial charge in [0.25, 0.3) is 0 Å². The number of halogens is 1. The zero-order valence-electron chi connectivity index (χ0n) is 9.77. The number of aliphatic hydroxyl groups is 1. The van der Waals surface area contributed by atoms with Crippen molar-refractivity contribution < 1.29 is 9.84 Å². The number of aliphatic hydroxyl groups excluding tert-OH is 1. The summed E-state index contributed by atoms with van der Waals surface area (Å²) in [6, 6.07) is 13.9. The molecule has 0 bridgehead atoms. The van der Waals surface area contributed by atoms with Gasteiger partial charge in [0.2, 0.25) is 0 Å². The van der Waals surface area contributed by atoms with Crippen LogP contribution in [0.3, 0.4) is 0 Å². The maximum atomic E-state index is 9.80. The van der Waals surface area contributed by atoms with Gasteiger partial charge in [-0.3, -0.25) is 0 Å². The van der Waals surface area contributed by atoms with E-state index in [9.17, 15) is 5.11 Å². The summed E-state index contributed by atoms with van der Waals surface area (Å²) < 4.78 is 6.85. The van der Waals surface area contributed by atoms with Gasteiger partial charge in [-0.25, -0.2) is 0 Å². The fourth-order valence-corrected chi connectivity index (χ4v) is 2.72. The molecule has 0 fully saturated rings.